The predicted molar refractivity (Wildman–Crippen MR) is 100 cm³/mol. The summed E-state index contributed by atoms with van der Waals surface area (Å²) in [7, 11) is 0. The minimum atomic E-state index is -0.178. The van der Waals surface area contributed by atoms with Gasteiger partial charge >= 0.3 is 0 Å². The number of aromatic nitrogens is 2. The number of amides is 1. The number of hydrogen-bond acceptors (Lipinski definition) is 4. The van der Waals surface area contributed by atoms with Gasteiger partial charge in [-0.2, -0.15) is 5.10 Å². The number of carbonyl (C=O) groups excluding carboxylic acids is 1. The highest BCUT2D eigenvalue weighted by Crippen LogP contribution is 2.18. The molecule has 1 unspecified atom stereocenters. The smallest absolute Gasteiger partial charge is 0.266 e. The first-order chi connectivity index (χ1) is 12.6. The van der Waals surface area contributed by atoms with Gasteiger partial charge in [0.15, 0.2) is 0 Å². The van der Waals surface area contributed by atoms with E-state index >= 15 is 0 Å². The van der Waals surface area contributed by atoms with E-state index in [0.29, 0.717) is 36.6 Å². The maximum Gasteiger partial charge on any atom is 0.266 e. The average molecular weight is 376 g/mol. The van der Waals surface area contributed by atoms with Gasteiger partial charge in [0.05, 0.1) is 11.8 Å². The number of carbonyl (C=O) groups is 1. The molecule has 1 atom stereocenters. The summed E-state index contributed by atoms with van der Waals surface area (Å²) in [6, 6.07) is 10.5. The summed E-state index contributed by atoms with van der Waals surface area (Å²) in [6.07, 6.45) is 3.09. The van der Waals surface area contributed by atoms with Crippen molar-refractivity contribution in [2.24, 2.45) is 0 Å². The van der Waals surface area contributed by atoms with E-state index in [1.807, 2.05) is 12.1 Å². The van der Waals surface area contributed by atoms with Gasteiger partial charge in [-0.05, 0) is 37.5 Å². The Labute approximate surface area is 157 Å². The highest BCUT2D eigenvalue weighted by Gasteiger charge is 2.16. The zero-order valence-electron chi connectivity index (χ0n) is 14.5. The van der Waals surface area contributed by atoms with Gasteiger partial charge in [-0.1, -0.05) is 23.7 Å². The Hall–Kier alpha value is -2.18. The number of nitrogens with zero attached hydrogens (tertiary/aromatic N) is 2. The van der Waals surface area contributed by atoms with E-state index < -0.39 is 0 Å². The molecule has 6 nitrogen and oxygen atoms in total. The van der Waals surface area contributed by atoms with E-state index in [1.54, 1.807) is 18.2 Å². The number of benzene rings is 1. The third-order valence-corrected chi connectivity index (χ3v) is 4.58. The van der Waals surface area contributed by atoms with Crippen molar-refractivity contribution in [3.05, 3.63) is 51.8 Å². The van der Waals surface area contributed by atoms with Crippen molar-refractivity contribution in [2.45, 2.75) is 38.3 Å². The molecule has 1 aromatic carbocycles. The quantitative estimate of drug-likeness (QED) is 0.807. The molecule has 0 saturated carbocycles. The summed E-state index contributed by atoms with van der Waals surface area (Å²) in [6.45, 7) is 1.73. The van der Waals surface area contributed by atoms with Crippen molar-refractivity contribution in [1.29, 1.82) is 0 Å². The molecule has 1 N–H and O–H groups in total. The standard InChI is InChI=1S/C19H22ClN3O3/c20-15-7-5-14(6-8-15)17-9-10-19(25)23(22-17)11-1-4-18(24)21-13-16-3-2-12-26-16/h5-10,16H,1-4,11-13H2,(H,21,24). The SMILES string of the molecule is O=C(CCCn1nc(-c2ccc(Cl)cc2)ccc1=O)NCC1CCCO1. The molecule has 138 valence electrons. The third kappa shape index (κ3) is 5.16. The second kappa shape index (κ2) is 8.96. The molecule has 1 aliphatic rings. The number of halogens is 1. The average Bonchev–Trinajstić information content (AvgIpc) is 3.16. The minimum Gasteiger partial charge on any atom is -0.376 e. The molecule has 1 aromatic heterocycles. The van der Waals surface area contributed by atoms with Crippen LogP contribution in [0.15, 0.2) is 41.2 Å². The van der Waals surface area contributed by atoms with E-state index in [9.17, 15) is 9.59 Å². The lowest BCUT2D eigenvalue weighted by Crippen LogP contribution is -2.32. The second-order valence-electron chi connectivity index (χ2n) is 6.33. The molecule has 1 saturated heterocycles. The molecule has 7 heteroatoms. The molecule has 2 aromatic rings. The highest BCUT2D eigenvalue weighted by atomic mass is 35.5. The fraction of sp³-hybridized carbons (Fsp3) is 0.421. The van der Waals surface area contributed by atoms with Crippen LogP contribution in [0.1, 0.15) is 25.7 Å². The zero-order valence-corrected chi connectivity index (χ0v) is 15.2. The molecule has 2 heterocycles. The summed E-state index contributed by atoms with van der Waals surface area (Å²) in [5.74, 6) is -0.0256. The van der Waals surface area contributed by atoms with Gasteiger partial charge in [0.25, 0.3) is 5.56 Å². The molecule has 0 spiro atoms. The van der Waals surface area contributed by atoms with E-state index in [-0.39, 0.29) is 17.6 Å². The molecular weight excluding hydrogens is 354 g/mol. The Balaban J connectivity index is 1.52. The van der Waals surface area contributed by atoms with E-state index in [2.05, 4.69) is 10.4 Å². The van der Waals surface area contributed by atoms with Crippen LogP contribution in [0.2, 0.25) is 5.02 Å². The lowest BCUT2D eigenvalue weighted by atomic mass is 10.1. The minimum absolute atomic E-state index is 0.0256. The predicted octanol–water partition coefficient (Wildman–Crippen LogP) is 2.64. The molecule has 0 bridgehead atoms. The number of rotatable bonds is 7. The van der Waals surface area contributed by atoms with Gasteiger partial charge in [0.1, 0.15) is 0 Å². The summed E-state index contributed by atoms with van der Waals surface area (Å²) in [4.78, 5) is 23.9. The fourth-order valence-electron chi connectivity index (χ4n) is 2.89. The Morgan fingerprint density at radius 2 is 2.08 bits per heavy atom. The van der Waals surface area contributed by atoms with Gasteiger partial charge in [-0.3, -0.25) is 9.59 Å². The first-order valence-corrected chi connectivity index (χ1v) is 9.22. The van der Waals surface area contributed by atoms with Crippen LogP contribution in [-0.4, -0.2) is 34.9 Å². The van der Waals surface area contributed by atoms with Gasteiger partial charge in [0, 0.05) is 42.8 Å². The monoisotopic (exact) mass is 375 g/mol. The topological polar surface area (TPSA) is 73.2 Å². The maximum atomic E-state index is 12.0. The molecule has 0 radical (unpaired) electrons. The fourth-order valence-corrected chi connectivity index (χ4v) is 3.02. The molecule has 1 fully saturated rings. The molecule has 0 aliphatic carbocycles. The van der Waals surface area contributed by atoms with Crippen molar-refractivity contribution in [3.8, 4) is 11.3 Å². The normalized spacial score (nSPS) is 16.6. The summed E-state index contributed by atoms with van der Waals surface area (Å²) >= 11 is 5.90. The largest absolute Gasteiger partial charge is 0.376 e. The lowest BCUT2D eigenvalue weighted by Gasteiger charge is -2.11. The van der Waals surface area contributed by atoms with Crippen LogP contribution in [0.4, 0.5) is 0 Å². The Bertz CT molecular complexity index is 798. The van der Waals surface area contributed by atoms with E-state index in [4.69, 9.17) is 16.3 Å². The Morgan fingerprint density at radius 1 is 1.27 bits per heavy atom. The van der Waals surface area contributed by atoms with Crippen LogP contribution in [0.3, 0.4) is 0 Å². The van der Waals surface area contributed by atoms with Crippen LogP contribution >= 0.6 is 11.6 Å². The molecular formula is C19H22ClN3O3. The number of aryl methyl sites for hydroxylation is 1. The van der Waals surface area contributed by atoms with Crippen LogP contribution in [-0.2, 0) is 16.1 Å². The second-order valence-corrected chi connectivity index (χ2v) is 6.77. The van der Waals surface area contributed by atoms with Crippen LogP contribution < -0.4 is 10.9 Å². The van der Waals surface area contributed by atoms with Crippen molar-refractivity contribution in [1.82, 2.24) is 15.1 Å². The van der Waals surface area contributed by atoms with E-state index in [1.165, 1.54) is 10.7 Å². The van der Waals surface area contributed by atoms with Gasteiger partial charge in [-0.25, -0.2) is 4.68 Å². The zero-order chi connectivity index (χ0) is 18.4. The van der Waals surface area contributed by atoms with Gasteiger partial charge in [-0.15, -0.1) is 0 Å². The van der Waals surface area contributed by atoms with Crippen molar-refractivity contribution < 1.29 is 9.53 Å². The molecule has 3 rings (SSSR count). The van der Waals surface area contributed by atoms with E-state index in [0.717, 1.165) is 25.0 Å². The number of ether oxygens (including phenoxy) is 1. The number of hydrogen-bond donors (Lipinski definition) is 1. The van der Waals surface area contributed by atoms with Crippen LogP contribution in [0.25, 0.3) is 11.3 Å². The van der Waals surface area contributed by atoms with Gasteiger partial charge in [0.2, 0.25) is 5.91 Å². The Kier molecular flexibility index (Phi) is 6.41. The summed E-state index contributed by atoms with van der Waals surface area (Å²) < 4.78 is 6.88. The number of nitrogens with one attached hydrogen (secondary N) is 1. The maximum absolute atomic E-state index is 12.0. The van der Waals surface area contributed by atoms with Crippen LogP contribution in [0, 0.1) is 0 Å². The van der Waals surface area contributed by atoms with Crippen molar-refractivity contribution in [3.63, 3.8) is 0 Å². The summed E-state index contributed by atoms with van der Waals surface area (Å²) in [5.41, 5.74) is 1.41. The van der Waals surface area contributed by atoms with Crippen molar-refractivity contribution >= 4 is 17.5 Å². The van der Waals surface area contributed by atoms with Gasteiger partial charge < -0.3 is 10.1 Å². The van der Waals surface area contributed by atoms with Crippen molar-refractivity contribution in [2.75, 3.05) is 13.2 Å². The molecule has 1 amide bonds. The highest BCUT2D eigenvalue weighted by molar-refractivity contribution is 6.30. The molecule has 1 aliphatic heterocycles. The lowest BCUT2D eigenvalue weighted by molar-refractivity contribution is -0.121. The first-order valence-electron chi connectivity index (χ1n) is 8.84. The first kappa shape index (κ1) is 18.6. The molecule has 26 heavy (non-hydrogen) atoms. The van der Waals surface area contributed by atoms with Crippen LogP contribution in [0.5, 0.6) is 0 Å². The Morgan fingerprint density at radius 3 is 2.81 bits per heavy atom. The summed E-state index contributed by atoms with van der Waals surface area (Å²) in [5, 5.41) is 7.92. The third-order valence-electron chi connectivity index (χ3n) is 4.33.